The molecule has 0 bridgehead atoms. The molecule has 1 aliphatic rings. The van der Waals surface area contributed by atoms with Gasteiger partial charge in [-0.2, -0.15) is 0 Å². The van der Waals surface area contributed by atoms with Gasteiger partial charge in [-0.05, 0) is 38.8 Å². The van der Waals surface area contributed by atoms with Crippen LogP contribution in [0.1, 0.15) is 32.9 Å². The first-order chi connectivity index (χ1) is 8.44. The molecule has 0 aromatic carbocycles. The van der Waals surface area contributed by atoms with Gasteiger partial charge in [-0.1, -0.05) is 0 Å². The summed E-state index contributed by atoms with van der Waals surface area (Å²) in [6.07, 6.45) is 2.72. The summed E-state index contributed by atoms with van der Waals surface area (Å²) in [5.74, 6) is 0. The number of thiazole rings is 1. The highest BCUT2D eigenvalue weighted by Gasteiger charge is 2.26. The van der Waals surface area contributed by atoms with E-state index in [9.17, 15) is 4.79 Å². The summed E-state index contributed by atoms with van der Waals surface area (Å²) in [4.78, 5) is 17.8. The smallest absolute Gasteiger partial charge is 0.410 e. The number of hydrogen-bond acceptors (Lipinski definition) is 4. The van der Waals surface area contributed by atoms with Crippen molar-refractivity contribution in [2.45, 2.75) is 32.8 Å². The van der Waals surface area contributed by atoms with E-state index < -0.39 is 5.60 Å². The number of ether oxygens (including phenoxy) is 1. The zero-order valence-electron chi connectivity index (χ0n) is 11.0. The number of likely N-dealkylation sites (tertiary alicyclic amines) is 1. The number of hydrogen-bond donors (Lipinski definition) is 0. The van der Waals surface area contributed by atoms with Crippen molar-refractivity contribution in [1.82, 2.24) is 9.88 Å². The summed E-state index contributed by atoms with van der Waals surface area (Å²) in [5.41, 5.74) is 3.58. The molecule has 18 heavy (non-hydrogen) atoms. The summed E-state index contributed by atoms with van der Waals surface area (Å²) < 4.78 is 5.35. The SMILES string of the molecule is CC(C)(C)OC(=O)N1CC/C(=C/c2cscn2)C1. The van der Waals surface area contributed by atoms with Gasteiger partial charge in [0.15, 0.2) is 0 Å². The average molecular weight is 266 g/mol. The molecule has 0 atom stereocenters. The maximum atomic E-state index is 11.9. The van der Waals surface area contributed by atoms with E-state index in [1.54, 1.807) is 16.2 Å². The van der Waals surface area contributed by atoms with E-state index in [0.717, 1.165) is 18.7 Å². The second-order valence-electron chi connectivity index (χ2n) is 5.37. The molecule has 0 aliphatic carbocycles. The fraction of sp³-hybridized carbons (Fsp3) is 0.538. The second kappa shape index (κ2) is 5.10. The Morgan fingerprint density at radius 1 is 1.56 bits per heavy atom. The highest BCUT2D eigenvalue weighted by molar-refractivity contribution is 7.07. The molecule has 2 rings (SSSR count). The molecule has 0 saturated carbocycles. The molecular weight excluding hydrogens is 248 g/mol. The lowest BCUT2D eigenvalue weighted by Gasteiger charge is -2.23. The van der Waals surface area contributed by atoms with Crippen molar-refractivity contribution >= 4 is 23.5 Å². The Morgan fingerprint density at radius 3 is 2.94 bits per heavy atom. The van der Waals surface area contributed by atoms with Crippen LogP contribution in [0.25, 0.3) is 6.08 Å². The molecule has 1 amide bonds. The fourth-order valence-corrected chi connectivity index (χ4v) is 2.30. The first-order valence-electron chi connectivity index (χ1n) is 5.99. The number of amides is 1. The van der Waals surface area contributed by atoms with E-state index in [0.29, 0.717) is 6.54 Å². The Hall–Kier alpha value is -1.36. The van der Waals surface area contributed by atoms with E-state index in [1.165, 1.54) is 5.57 Å². The normalized spacial score (nSPS) is 18.4. The van der Waals surface area contributed by atoms with Gasteiger partial charge in [-0.25, -0.2) is 9.78 Å². The van der Waals surface area contributed by atoms with Gasteiger partial charge in [-0.3, -0.25) is 0 Å². The van der Waals surface area contributed by atoms with Crippen LogP contribution in [-0.2, 0) is 4.74 Å². The summed E-state index contributed by atoms with van der Waals surface area (Å²) in [7, 11) is 0. The predicted molar refractivity (Wildman–Crippen MR) is 72.5 cm³/mol. The summed E-state index contributed by atoms with van der Waals surface area (Å²) in [6.45, 7) is 7.02. The van der Waals surface area contributed by atoms with Crippen molar-refractivity contribution in [2.24, 2.45) is 0 Å². The van der Waals surface area contributed by atoms with Crippen LogP contribution in [0.5, 0.6) is 0 Å². The zero-order valence-corrected chi connectivity index (χ0v) is 11.8. The van der Waals surface area contributed by atoms with Crippen LogP contribution in [0, 0.1) is 0 Å². The van der Waals surface area contributed by atoms with Crippen molar-refractivity contribution in [3.8, 4) is 0 Å². The van der Waals surface area contributed by atoms with Crippen molar-refractivity contribution in [3.05, 3.63) is 22.2 Å². The highest BCUT2D eigenvalue weighted by Crippen LogP contribution is 2.20. The van der Waals surface area contributed by atoms with Gasteiger partial charge in [0.1, 0.15) is 5.60 Å². The summed E-state index contributed by atoms with van der Waals surface area (Å²) >= 11 is 1.58. The van der Waals surface area contributed by atoms with E-state index in [-0.39, 0.29) is 6.09 Å². The van der Waals surface area contributed by atoms with Gasteiger partial charge in [0.05, 0.1) is 11.2 Å². The van der Waals surface area contributed by atoms with E-state index >= 15 is 0 Å². The minimum absolute atomic E-state index is 0.232. The van der Waals surface area contributed by atoms with Crippen LogP contribution < -0.4 is 0 Å². The number of rotatable bonds is 1. The van der Waals surface area contributed by atoms with Crippen molar-refractivity contribution in [1.29, 1.82) is 0 Å². The molecule has 2 heterocycles. The third-order valence-corrected chi connectivity index (χ3v) is 3.16. The van der Waals surface area contributed by atoms with Crippen LogP contribution in [0.3, 0.4) is 0 Å². The monoisotopic (exact) mass is 266 g/mol. The third kappa shape index (κ3) is 3.57. The van der Waals surface area contributed by atoms with Crippen molar-refractivity contribution in [2.75, 3.05) is 13.1 Å². The lowest BCUT2D eigenvalue weighted by atomic mass is 10.2. The van der Waals surface area contributed by atoms with Gasteiger partial charge in [-0.15, -0.1) is 11.3 Å². The lowest BCUT2D eigenvalue weighted by Crippen LogP contribution is -2.34. The molecule has 1 aromatic rings. The van der Waals surface area contributed by atoms with Crippen LogP contribution in [0.2, 0.25) is 0 Å². The molecular formula is C13H18N2O2S. The molecule has 1 fully saturated rings. The van der Waals surface area contributed by atoms with Crippen LogP contribution in [-0.4, -0.2) is 34.7 Å². The topological polar surface area (TPSA) is 42.4 Å². The number of nitrogens with zero attached hydrogens (tertiary/aromatic N) is 2. The quantitative estimate of drug-likeness (QED) is 0.784. The Balaban J connectivity index is 1.94. The molecule has 1 aromatic heterocycles. The number of carbonyl (C=O) groups excluding carboxylic acids is 1. The Kier molecular flexibility index (Phi) is 3.71. The lowest BCUT2D eigenvalue weighted by molar-refractivity contribution is 0.0299. The molecule has 5 heteroatoms. The molecule has 1 saturated heterocycles. The first kappa shape index (κ1) is 13.1. The number of carbonyl (C=O) groups is 1. The van der Waals surface area contributed by atoms with E-state index in [1.807, 2.05) is 31.7 Å². The van der Waals surface area contributed by atoms with E-state index in [4.69, 9.17) is 4.74 Å². The maximum Gasteiger partial charge on any atom is 0.410 e. The molecule has 0 radical (unpaired) electrons. The minimum atomic E-state index is -0.432. The van der Waals surface area contributed by atoms with Crippen LogP contribution in [0.4, 0.5) is 4.79 Å². The molecule has 98 valence electrons. The van der Waals surface area contributed by atoms with Gasteiger partial charge < -0.3 is 9.64 Å². The maximum absolute atomic E-state index is 11.9. The van der Waals surface area contributed by atoms with Gasteiger partial charge >= 0.3 is 6.09 Å². The van der Waals surface area contributed by atoms with Crippen LogP contribution >= 0.6 is 11.3 Å². The largest absolute Gasteiger partial charge is 0.444 e. The van der Waals surface area contributed by atoms with Gasteiger partial charge in [0.25, 0.3) is 0 Å². The van der Waals surface area contributed by atoms with Gasteiger partial charge in [0.2, 0.25) is 0 Å². The number of aromatic nitrogens is 1. The highest BCUT2D eigenvalue weighted by atomic mass is 32.1. The van der Waals surface area contributed by atoms with Crippen molar-refractivity contribution in [3.63, 3.8) is 0 Å². The van der Waals surface area contributed by atoms with Crippen molar-refractivity contribution < 1.29 is 9.53 Å². The third-order valence-electron chi connectivity index (χ3n) is 2.55. The molecule has 1 aliphatic heterocycles. The fourth-order valence-electron chi connectivity index (χ4n) is 1.78. The second-order valence-corrected chi connectivity index (χ2v) is 6.09. The first-order valence-corrected chi connectivity index (χ1v) is 6.94. The Bertz CT molecular complexity index is 446. The molecule has 0 spiro atoms. The minimum Gasteiger partial charge on any atom is -0.444 e. The predicted octanol–water partition coefficient (Wildman–Crippen LogP) is 3.17. The Morgan fingerprint density at radius 2 is 2.33 bits per heavy atom. The Labute approximate surface area is 111 Å². The zero-order chi connectivity index (χ0) is 13.2. The molecule has 4 nitrogen and oxygen atoms in total. The standard InChI is InChI=1S/C13H18N2O2S/c1-13(2,3)17-12(16)15-5-4-10(7-15)6-11-8-18-9-14-11/h6,8-9H,4-5,7H2,1-3H3/b10-6-. The molecule has 0 unspecified atom stereocenters. The van der Waals surface area contributed by atoms with Crippen LogP contribution in [0.15, 0.2) is 16.5 Å². The summed E-state index contributed by atoms with van der Waals surface area (Å²) in [5, 5.41) is 2.00. The average Bonchev–Trinajstić information content (AvgIpc) is 2.86. The van der Waals surface area contributed by atoms with E-state index in [2.05, 4.69) is 11.1 Å². The van der Waals surface area contributed by atoms with Gasteiger partial charge in [0, 0.05) is 18.5 Å². The summed E-state index contributed by atoms with van der Waals surface area (Å²) in [6, 6.07) is 0. The molecule has 0 N–H and O–H groups in total.